The molecule has 0 radical (unpaired) electrons. The monoisotopic (exact) mass is 576 g/mol. The van der Waals surface area contributed by atoms with Gasteiger partial charge < -0.3 is 14.8 Å². The molecular formula is C26H19Cl3N2O5S. The molecule has 11 heteroatoms. The molecule has 0 atom stereocenters. The summed E-state index contributed by atoms with van der Waals surface area (Å²) in [6.45, 7) is -0.185. The highest BCUT2D eigenvalue weighted by atomic mass is 35.5. The second-order valence-corrected chi connectivity index (χ2v) is 10.0. The largest absolute Gasteiger partial charge is 0.493 e. The Hall–Kier alpha value is -3.17. The van der Waals surface area contributed by atoms with Gasteiger partial charge in [-0.25, -0.2) is 0 Å². The van der Waals surface area contributed by atoms with Gasteiger partial charge in [-0.2, -0.15) is 0 Å². The van der Waals surface area contributed by atoms with Crippen molar-refractivity contribution < 1.29 is 23.9 Å². The Labute approximate surface area is 232 Å². The Morgan fingerprint density at radius 3 is 2.30 bits per heavy atom. The van der Waals surface area contributed by atoms with E-state index in [0.717, 1.165) is 22.2 Å². The summed E-state index contributed by atoms with van der Waals surface area (Å²) in [4.78, 5) is 39.1. The zero-order valence-electron chi connectivity index (χ0n) is 19.3. The van der Waals surface area contributed by atoms with E-state index in [0.29, 0.717) is 21.3 Å². The van der Waals surface area contributed by atoms with E-state index in [1.54, 1.807) is 66.7 Å². The molecule has 0 aromatic heterocycles. The number of carbonyl (C=O) groups excluding carboxylic acids is 3. The minimum Gasteiger partial charge on any atom is -0.493 e. The van der Waals surface area contributed by atoms with Gasteiger partial charge in [0.15, 0.2) is 18.1 Å². The molecule has 3 aromatic carbocycles. The predicted molar refractivity (Wildman–Crippen MR) is 147 cm³/mol. The lowest BCUT2D eigenvalue weighted by molar-refractivity contribution is -0.123. The molecule has 37 heavy (non-hydrogen) atoms. The van der Waals surface area contributed by atoms with Gasteiger partial charge in [0.25, 0.3) is 17.1 Å². The Morgan fingerprint density at radius 2 is 1.65 bits per heavy atom. The summed E-state index contributed by atoms with van der Waals surface area (Å²) in [6, 6.07) is 16.7. The third kappa shape index (κ3) is 6.78. The van der Waals surface area contributed by atoms with Crippen LogP contribution >= 0.6 is 46.6 Å². The molecule has 1 aliphatic heterocycles. The number of halogens is 3. The zero-order valence-corrected chi connectivity index (χ0v) is 22.4. The number of imide groups is 1. The molecule has 4 rings (SSSR count). The van der Waals surface area contributed by atoms with Crippen LogP contribution in [-0.4, -0.2) is 35.7 Å². The van der Waals surface area contributed by atoms with E-state index in [4.69, 9.17) is 44.3 Å². The molecule has 190 valence electrons. The van der Waals surface area contributed by atoms with Crippen molar-refractivity contribution in [2.24, 2.45) is 0 Å². The lowest BCUT2D eigenvalue weighted by atomic mass is 10.1. The summed E-state index contributed by atoms with van der Waals surface area (Å²) in [5, 5.41) is 3.60. The second kappa shape index (κ2) is 11.9. The average Bonchev–Trinajstić information content (AvgIpc) is 3.13. The highest BCUT2D eigenvalue weighted by Gasteiger charge is 2.35. The van der Waals surface area contributed by atoms with Crippen molar-refractivity contribution >= 4 is 75.4 Å². The van der Waals surface area contributed by atoms with Gasteiger partial charge in [0, 0.05) is 15.7 Å². The minimum atomic E-state index is -0.417. The van der Waals surface area contributed by atoms with Crippen molar-refractivity contribution in [2.75, 3.05) is 19.0 Å². The highest BCUT2D eigenvalue weighted by molar-refractivity contribution is 8.18. The third-order valence-electron chi connectivity index (χ3n) is 5.15. The number of nitrogens with zero attached hydrogens (tertiary/aromatic N) is 1. The van der Waals surface area contributed by atoms with Crippen LogP contribution in [-0.2, 0) is 16.1 Å². The normalized spacial score (nSPS) is 14.3. The number of anilines is 1. The van der Waals surface area contributed by atoms with Crippen molar-refractivity contribution in [1.29, 1.82) is 0 Å². The van der Waals surface area contributed by atoms with Crippen LogP contribution in [0.1, 0.15) is 11.1 Å². The van der Waals surface area contributed by atoms with Gasteiger partial charge in [-0.1, -0.05) is 46.9 Å². The van der Waals surface area contributed by atoms with Crippen LogP contribution in [0.2, 0.25) is 15.1 Å². The summed E-state index contributed by atoms with van der Waals surface area (Å²) in [5.74, 6) is -0.389. The van der Waals surface area contributed by atoms with Crippen LogP contribution in [0, 0.1) is 0 Å². The van der Waals surface area contributed by atoms with Crippen LogP contribution in [0.15, 0.2) is 65.6 Å². The molecule has 0 saturated carbocycles. The standard InChI is InChI=1S/C26H19Cl3N2O5S/c1-35-21-11-16(10-20(29)24(21)36-14-23(32)30-19-8-6-18(28)7-9-19)12-22-25(33)31(26(34)37-22)13-15-2-4-17(27)5-3-15/h2-12H,13-14H2,1H3,(H,30,32)/b22-12-. The van der Waals surface area contributed by atoms with Crippen molar-refractivity contribution in [3.63, 3.8) is 0 Å². The average molecular weight is 578 g/mol. The number of carbonyl (C=O) groups is 3. The van der Waals surface area contributed by atoms with E-state index in [9.17, 15) is 14.4 Å². The number of hydrogen-bond donors (Lipinski definition) is 1. The molecular weight excluding hydrogens is 559 g/mol. The van der Waals surface area contributed by atoms with Crippen LogP contribution in [0.3, 0.4) is 0 Å². The first-order valence-corrected chi connectivity index (χ1v) is 12.7. The first-order valence-electron chi connectivity index (χ1n) is 10.8. The molecule has 1 fully saturated rings. The first kappa shape index (κ1) is 26.9. The molecule has 1 saturated heterocycles. The van der Waals surface area contributed by atoms with E-state index >= 15 is 0 Å². The zero-order chi connectivity index (χ0) is 26.5. The molecule has 0 spiro atoms. The summed E-state index contributed by atoms with van der Waals surface area (Å²) < 4.78 is 11.0. The Balaban J connectivity index is 1.45. The minimum absolute atomic E-state index is 0.133. The van der Waals surface area contributed by atoms with Crippen LogP contribution in [0.5, 0.6) is 11.5 Å². The number of thioether (sulfide) groups is 1. The molecule has 7 nitrogen and oxygen atoms in total. The van der Waals surface area contributed by atoms with Gasteiger partial charge in [0.2, 0.25) is 0 Å². The summed E-state index contributed by atoms with van der Waals surface area (Å²) >= 11 is 19.0. The topological polar surface area (TPSA) is 84.9 Å². The first-order chi connectivity index (χ1) is 17.7. The number of hydrogen-bond acceptors (Lipinski definition) is 6. The molecule has 0 aliphatic carbocycles. The van der Waals surface area contributed by atoms with E-state index in [1.807, 2.05) is 0 Å². The van der Waals surface area contributed by atoms with E-state index in [-0.39, 0.29) is 39.8 Å². The van der Waals surface area contributed by atoms with Gasteiger partial charge in [0.1, 0.15) is 0 Å². The van der Waals surface area contributed by atoms with E-state index in [1.165, 1.54) is 7.11 Å². The number of methoxy groups -OCH3 is 1. The smallest absolute Gasteiger partial charge is 0.293 e. The lowest BCUT2D eigenvalue weighted by Crippen LogP contribution is -2.27. The van der Waals surface area contributed by atoms with Gasteiger partial charge in [-0.15, -0.1) is 0 Å². The quantitative estimate of drug-likeness (QED) is 0.293. The fourth-order valence-electron chi connectivity index (χ4n) is 3.39. The van der Waals surface area contributed by atoms with Crippen LogP contribution in [0.25, 0.3) is 6.08 Å². The number of benzene rings is 3. The van der Waals surface area contributed by atoms with Crippen molar-refractivity contribution in [1.82, 2.24) is 4.90 Å². The Kier molecular flexibility index (Phi) is 8.66. The maximum Gasteiger partial charge on any atom is 0.293 e. The lowest BCUT2D eigenvalue weighted by Gasteiger charge is -2.14. The summed E-state index contributed by atoms with van der Waals surface area (Å²) in [5.41, 5.74) is 1.87. The molecule has 3 amide bonds. The molecule has 1 aliphatic rings. The molecule has 3 aromatic rings. The highest BCUT2D eigenvalue weighted by Crippen LogP contribution is 2.39. The Bertz CT molecular complexity index is 1380. The third-order valence-corrected chi connectivity index (χ3v) is 6.84. The van der Waals surface area contributed by atoms with Crippen molar-refractivity contribution in [3.8, 4) is 11.5 Å². The molecule has 1 heterocycles. The fraction of sp³-hybridized carbons (Fsp3) is 0.115. The van der Waals surface area contributed by atoms with Crippen LogP contribution in [0.4, 0.5) is 10.5 Å². The molecule has 1 N–H and O–H groups in total. The van der Waals surface area contributed by atoms with E-state index < -0.39 is 11.8 Å². The molecule has 0 bridgehead atoms. The van der Waals surface area contributed by atoms with Crippen molar-refractivity contribution in [3.05, 3.63) is 91.8 Å². The number of amides is 3. The van der Waals surface area contributed by atoms with Crippen LogP contribution < -0.4 is 14.8 Å². The predicted octanol–water partition coefficient (Wildman–Crippen LogP) is 6.91. The van der Waals surface area contributed by atoms with Gasteiger partial charge >= 0.3 is 0 Å². The Morgan fingerprint density at radius 1 is 1.00 bits per heavy atom. The van der Waals surface area contributed by atoms with Gasteiger partial charge in [0.05, 0.1) is 23.6 Å². The maximum atomic E-state index is 12.9. The number of nitrogens with one attached hydrogen (secondary N) is 1. The molecule has 0 unspecified atom stereocenters. The second-order valence-electron chi connectivity index (χ2n) is 7.77. The summed E-state index contributed by atoms with van der Waals surface area (Å²) in [6.07, 6.45) is 1.55. The van der Waals surface area contributed by atoms with Crippen molar-refractivity contribution in [2.45, 2.75) is 6.54 Å². The van der Waals surface area contributed by atoms with Gasteiger partial charge in [-0.3, -0.25) is 19.3 Å². The fourth-order valence-corrected chi connectivity index (χ4v) is 4.76. The number of ether oxygens (including phenoxy) is 2. The SMILES string of the molecule is COc1cc(/C=C2\SC(=O)N(Cc3ccc(Cl)cc3)C2=O)cc(Cl)c1OCC(=O)Nc1ccc(Cl)cc1. The van der Waals surface area contributed by atoms with E-state index in [2.05, 4.69) is 5.32 Å². The summed E-state index contributed by atoms with van der Waals surface area (Å²) in [7, 11) is 1.43. The maximum absolute atomic E-state index is 12.9. The number of rotatable bonds is 8. The van der Waals surface area contributed by atoms with Gasteiger partial charge in [-0.05, 0) is 77.5 Å².